The van der Waals surface area contributed by atoms with Crippen LogP contribution in [0, 0.1) is 12.7 Å². The van der Waals surface area contributed by atoms with Crippen LogP contribution in [0.2, 0.25) is 0 Å². The quantitative estimate of drug-likeness (QED) is 0.932. The van der Waals surface area contributed by atoms with Crippen LogP contribution in [0.15, 0.2) is 30.5 Å². The number of halogens is 1. The zero-order chi connectivity index (χ0) is 14.7. The van der Waals surface area contributed by atoms with E-state index in [4.69, 9.17) is 0 Å². The molecule has 4 nitrogen and oxygen atoms in total. The molecule has 1 amide bonds. The molecule has 0 aliphatic rings. The molecule has 1 heterocycles. The summed E-state index contributed by atoms with van der Waals surface area (Å²) in [5.41, 5.74) is 2.23. The van der Waals surface area contributed by atoms with Crippen LogP contribution in [-0.4, -0.2) is 27.5 Å². The number of aromatic nitrogens is 2. The van der Waals surface area contributed by atoms with Crippen LogP contribution in [0.25, 0.3) is 0 Å². The number of rotatable bonds is 4. The van der Waals surface area contributed by atoms with Crippen LogP contribution in [0.5, 0.6) is 0 Å². The summed E-state index contributed by atoms with van der Waals surface area (Å²) in [5, 5.41) is 6.65. The molecule has 0 aliphatic heterocycles. The molecule has 0 saturated heterocycles. The summed E-state index contributed by atoms with van der Waals surface area (Å²) in [6.07, 6.45) is 1.54. The van der Waals surface area contributed by atoms with Gasteiger partial charge < -0.3 is 4.90 Å². The van der Waals surface area contributed by atoms with E-state index >= 15 is 0 Å². The molecule has 0 saturated carbocycles. The van der Waals surface area contributed by atoms with Gasteiger partial charge in [-0.1, -0.05) is 12.1 Å². The van der Waals surface area contributed by atoms with E-state index in [0.717, 1.165) is 11.3 Å². The summed E-state index contributed by atoms with van der Waals surface area (Å²) >= 11 is 0. The monoisotopic (exact) mass is 275 g/mol. The number of nitrogens with one attached hydrogen (secondary N) is 1. The lowest BCUT2D eigenvalue weighted by Crippen LogP contribution is -2.33. The Kier molecular flexibility index (Phi) is 4.17. The van der Waals surface area contributed by atoms with Crippen molar-refractivity contribution in [1.82, 2.24) is 15.1 Å². The van der Waals surface area contributed by atoms with E-state index in [1.165, 1.54) is 18.3 Å². The topological polar surface area (TPSA) is 49.0 Å². The smallest absolute Gasteiger partial charge is 0.257 e. The normalized spacial score (nSPS) is 12.2. The van der Waals surface area contributed by atoms with Crippen molar-refractivity contribution < 1.29 is 9.18 Å². The van der Waals surface area contributed by atoms with Gasteiger partial charge in [-0.25, -0.2) is 4.39 Å². The highest BCUT2D eigenvalue weighted by molar-refractivity contribution is 5.95. The Morgan fingerprint density at radius 1 is 1.40 bits per heavy atom. The molecular formula is C15H18FN3O. The minimum atomic E-state index is -0.277. The molecule has 20 heavy (non-hydrogen) atoms. The Morgan fingerprint density at radius 2 is 2.05 bits per heavy atom. The first-order chi connectivity index (χ1) is 9.54. The van der Waals surface area contributed by atoms with Crippen molar-refractivity contribution in [3.8, 4) is 0 Å². The van der Waals surface area contributed by atoms with E-state index in [2.05, 4.69) is 10.2 Å². The molecule has 0 spiro atoms. The Hall–Kier alpha value is -2.17. The van der Waals surface area contributed by atoms with E-state index in [9.17, 15) is 9.18 Å². The van der Waals surface area contributed by atoms with Gasteiger partial charge in [0.1, 0.15) is 5.82 Å². The lowest BCUT2D eigenvalue weighted by Gasteiger charge is -2.28. The highest BCUT2D eigenvalue weighted by Gasteiger charge is 2.23. The number of aromatic amines is 1. The Labute approximate surface area is 117 Å². The fourth-order valence-electron chi connectivity index (χ4n) is 2.24. The second-order valence-corrected chi connectivity index (χ2v) is 4.73. The van der Waals surface area contributed by atoms with Crippen LogP contribution in [0.4, 0.5) is 4.39 Å². The van der Waals surface area contributed by atoms with Crippen LogP contribution in [0.3, 0.4) is 0 Å². The van der Waals surface area contributed by atoms with E-state index in [-0.39, 0.29) is 17.8 Å². The molecule has 2 aromatic rings. The number of carbonyl (C=O) groups is 1. The highest BCUT2D eigenvalue weighted by atomic mass is 19.1. The van der Waals surface area contributed by atoms with E-state index in [0.29, 0.717) is 12.1 Å². The van der Waals surface area contributed by atoms with Gasteiger partial charge in [-0.05, 0) is 38.5 Å². The average Bonchev–Trinajstić information content (AvgIpc) is 2.86. The number of benzene rings is 1. The molecule has 1 aromatic heterocycles. The van der Waals surface area contributed by atoms with Gasteiger partial charge in [-0.15, -0.1) is 0 Å². The molecule has 5 heteroatoms. The molecule has 1 atom stereocenters. The van der Waals surface area contributed by atoms with E-state index < -0.39 is 0 Å². The van der Waals surface area contributed by atoms with Gasteiger partial charge in [0.05, 0.1) is 17.8 Å². The molecule has 0 radical (unpaired) electrons. The lowest BCUT2D eigenvalue weighted by molar-refractivity contribution is 0.0701. The predicted octanol–water partition coefficient (Wildman–Crippen LogP) is 3.08. The van der Waals surface area contributed by atoms with Crippen molar-refractivity contribution >= 4 is 5.91 Å². The summed E-state index contributed by atoms with van der Waals surface area (Å²) in [6, 6.07) is 6.11. The van der Waals surface area contributed by atoms with Crippen molar-refractivity contribution in [2.45, 2.75) is 26.8 Å². The first-order valence-electron chi connectivity index (χ1n) is 6.61. The average molecular weight is 275 g/mol. The zero-order valence-corrected chi connectivity index (χ0v) is 11.9. The van der Waals surface area contributed by atoms with Gasteiger partial charge >= 0.3 is 0 Å². The molecule has 106 valence electrons. The first kappa shape index (κ1) is 14.2. The molecule has 1 unspecified atom stereocenters. The Bertz CT molecular complexity index is 591. The lowest BCUT2D eigenvalue weighted by atomic mass is 10.1. The van der Waals surface area contributed by atoms with Gasteiger partial charge in [0, 0.05) is 12.2 Å². The fraction of sp³-hybridized carbons (Fsp3) is 0.333. The number of hydrogen-bond acceptors (Lipinski definition) is 2. The molecule has 0 bridgehead atoms. The molecule has 0 fully saturated rings. The molecule has 0 aliphatic carbocycles. The van der Waals surface area contributed by atoms with Crippen molar-refractivity contribution in [2.24, 2.45) is 0 Å². The van der Waals surface area contributed by atoms with Crippen molar-refractivity contribution in [2.75, 3.05) is 6.54 Å². The van der Waals surface area contributed by atoms with Crippen molar-refractivity contribution in [3.05, 3.63) is 53.1 Å². The van der Waals surface area contributed by atoms with Crippen LogP contribution in [0.1, 0.15) is 41.5 Å². The second kappa shape index (κ2) is 5.86. The summed E-state index contributed by atoms with van der Waals surface area (Å²) in [6.45, 7) is 6.25. The Morgan fingerprint density at radius 3 is 2.55 bits per heavy atom. The largest absolute Gasteiger partial charge is 0.332 e. The maximum Gasteiger partial charge on any atom is 0.257 e. The number of nitrogens with zero attached hydrogens (tertiary/aromatic N) is 2. The number of amides is 1. The maximum absolute atomic E-state index is 13.0. The van der Waals surface area contributed by atoms with Gasteiger partial charge in [0.15, 0.2) is 0 Å². The summed E-state index contributed by atoms with van der Waals surface area (Å²) in [4.78, 5) is 14.3. The summed E-state index contributed by atoms with van der Waals surface area (Å²) in [7, 11) is 0. The Balaban J connectivity index is 2.25. The minimum absolute atomic E-state index is 0.0735. The predicted molar refractivity (Wildman–Crippen MR) is 74.9 cm³/mol. The second-order valence-electron chi connectivity index (χ2n) is 4.73. The molecule has 1 N–H and O–H groups in total. The number of H-pyrrole nitrogens is 1. The van der Waals surface area contributed by atoms with Gasteiger partial charge in [-0.3, -0.25) is 9.89 Å². The number of aryl methyl sites for hydroxylation is 1. The van der Waals surface area contributed by atoms with Gasteiger partial charge in [0.2, 0.25) is 0 Å². The van der Waals surface area contributed by atoms with Gasteiger partial charge in [-0.2, -0.15) is 5.10 Å². The highest BCUT2D eigenvalue weighted by Crippen LogP contribution is 2.22. The third kappa shape index (κ3) is 2.71. The van der Waals surface area contributed by atoms with E-state index in [1.807, 2.05) is 20.8 Å². The molecule has 1 aromatic carbocycles. The standard InChI is InChI=1S/C15H18FN3O/c1-4-19(15(20)14-9-17-18-10(14)2)11(3)12-5-7-13(16)8-6-12/h5-9,11H,4H2,1-3H3,(H,17,18). The van der Waals surface area contributed by atoms with Crippen LogP contribution < -0.4 is 0 Å². The SMILES string of the molecule is CCN(C(=O)c1cn[nH]c1C)C(C)c1ccc(F)cc1. The van der Waals surface area contributed by atoms with Crippen molar-refractivity contribution in [1.29, 1.82) is 0 Å². The first-order valence-corrected chi connectivity index (χ1v) is 6.61. The third-order valence-corrected chi connectivity index (χ3v) is 3.48. The molecule has 2 rings (SSSR count). The zero-order valence-electron chi connectivity index (χ0n) is 11.9. The van der Waals surface area contributed by atoms with Crippen LogP contribution >= 0.6 is 0 Å². The molecular weight excluding hydrogens is 257 g/mol. The van der Waals surface area contributed by atoms with E-state index in [1.54, 1.807) is 17.0 Å². The maximum atomic E-state index is 13.0. The third-order valence-electron chi connectivity index (χ3n) is 3.48. The summed E-state index contributed by atoms with van der Waals surface area (Å²) < 4.78 is 13.0. The van der Waals surface area contributed by atoms with Crippen LogP contribution in [-0.2, 0) is 0 Å². The van der Waals surface area contributed by atoms with Crippen molar-refractivity contribution in [3.63, 3.8) is 0 Å². The van der Waals surface area contributed by atoms with Gasteiger partial charge in [0.25, 0.3) is 5.91 Å². The number of hydrogen-bond donors (Lipinski definition) is 1. The summed E-state index contributed by atoms with van der Waals surface area (Å²) in [5.74, 6) is -0.350. The fourth-order valence-corrected chi connectivity index (χ4v) is 2.24. The minimum Gasteiger partial charge on any atom is -0.332 e. The number of carbonyl (C=O) groups excluding carboxylic acids is 1.